The SMILES string of the molecule is C=C/C=C(C1=CCCC=C1)\C(S)=C/C=C. The third-order valence-electron chi connectivity index (χ3n) is 2.14. The van der Waals surface area contributed by atoms with Crippen LogP contribution in [-0.4, -0.2) is 0 Å². The van der Waals surface area contributed by atoms with Crippen molar-refractivity contribution >= 4 is 12.6 Å². The van der Waals surface area contributed by atoms with Crippen molar-refractivity contribution in [2.45, 2.75) is 12.8 Å². The van der Waals surface area contributed by atoms with Gasteiger partial charge in [0.2, 0.25) is 0 Å². The molecule has 0 unspecified atom stereocenters. The zero-order valence-electron chi connectivity index (χ0n) is 8.82. The van der Waals surface area contributed by atoms with Gasteiger partial charge in [-0.3, -0.25) is 0 Å². The molecule has 0 heterocycles. The topological polar surface area (TPSA) is 0 Å². The highest BCUT2D eigenvalue weighted by Gasteiger charge is 2.05. The molecule has 1 aliphatic rings. The normalized spacial score (nSPS) is 17.3. The fraction of sp³-hybridized carbons (Fsp3) is 0.143. The van der Waals surface area contributed by atoms with Crippen LogP contribution in [-0.2, 0) is 0 Å². The fourth-order valence-electron chi connectivity index (χ4n) is 1.46. The van der Waals surface area contributed by atoms with E-state index in [1.807, 2.05) is 12.2 Å². The highest BCUT2D eigenvalue weighted by molar-refractivity contribution is 7.84. The van der Waals surface area contributed by atoms with Crippen LogP contribution in [0.15, 0.2) is 71.7 Å². The Morgan fingerprint density at radius 3 is 2.47 bits per heavy atom. The molecule has 15 heavy (non-hydrogen) atoms. The Morgan fingerprint density at radius 1 is 1.20 bits per heavy atom. The van der Waals surface area contributed by atoms with Crippen molar-refractivity contribution in [3.63, 3.8) is 0 Å². The molecule has 0 nitrogen and oxygen atoms in total. The molecule has 0 aromatic carbocycles. The van der Waals surface area contributed by atoms with Crippen LogP contribution in [0.4, 0.5) is 0 Å². The maximum Gasteiger partial charge on any atom is 0.0118 e. The van der Waals surface area contributed by atoms with E-state index in [9.17, 15) is 0 Å². The Hall–Kier alpha value is -1.21. The number of hydrogen-bond acceptors (Lipinski definition) is 1. The molecule has 1 aliphatic carbocycles. The largest absolute Gasteiger partial charge is 0.143 e. The average molecular weight is 216 g/mol. The van der Waals surface area contributed by atoms with Crippen molar-refractivity contribution in [3.05, 3.63) is 71.7 Å². The summed E-state index contributed by atoms with van der Waals surface area (Å²) in [7, 11) is 0. The van der Waals surface area contributed by atoms with Crippen LogP contribution < -0.4 is 0 Å². The third-order valence-corrected chi connectivity index (χ3v) is 2.53. The lowest BCUT2D eigenvalue weighted by Gasteiger charge is -2.11. The van der Waals surface area contributed by atoms with Gasteiger partial charge in [0.05, 0.1) is 0 Å². The lowest BCUT2D eigenvalue weighted by molar-refractivity contribution is 1.02. The van der Waals surface area contributed by atoms with Gasteiger partial charge >= 0.3 is 0 Å². The van der Waals surface area contributed by atoms with Gasteiger partial charge in [-0.1, -0.05) is 49.6 Å². The van der Waals surface area contributed by atoms with Crippen molar-refractivity contribution in [3.8, 4) is 0 Å². The molecule has 0 aliphatic heterocycles. The van der Waals surface area contributed by atoms with E-state index in [0.29, 0.717) is 0 Å². The van der Waals surface area contributed by atoms with Gasteiger partial charge < -0.3 is 0 Å². The summed E-state index contributed by atoms with van der Waals surface area (Å²) in [6, 6.07) is 0. The minimum Gasteiger partial charge on any atom is -0.143 e. The highest BCUT2D eigenvalue weighted by atomic mass is 32.1. The summed E-state index contributed by atoms with van der Waals surface area (Å²) >= 11 is 4.45. The monoisotopic (exact) mass is 216 g/mol. The fourth-order valence-corrected chi connectivity index (χ4v) is 1.77. The maximum absolute atomic E-state index is 4.45. The molecule has 0 N–H and O–H groups in total. The lowest BCUT2D eigenvalue weighted by Crippen LogP contribution is -1.91. The molecular formula is C14H16S. The summed E-state index contributed by atoms with van der Waals surface area (Å²) in [5, 5.41) is 0. The quantitative estimate of drug-likeness (QED) is 0.523. The standard InChI is InChI=1S/C14H16S/c1-3-8-13(14(15)9-4-2)12-10-6-5-7-11-12/h3-4,6,8-11,15H,1-2,5,7H2/b13-8-,14-9+. The Kier molecular flexibility index (Phi) is 4.99. The molecule has 0 radical (unpaired) electrons. The predicted molar refractivity (Wildman–Crippen MR) is 72.0 cm³/mol. The summed E-state index contributed by atoms with van der Waals surface area (Å²) in [5.74, 6) is 0. The molecule has 0 saturated heterocycles. The van der Waals surface area contributed by atoms with Gasteiger partial charge in [0.15, 0.2) is 0 Å². The molecule has 0 aromatic heterocycles. The van der Waals surface area contributed by atoms with E-state index in [1.165, 1.54) is 5.57 Å². The molecule has 0 amide bonds. The van der Waals surface area contributed by atoms with Crippen LogP contribution in [0.1, 0.15) is 12.8 Å². The van der Waals surface area contributed by atoms with E-state index in [1.54, 1.807) is 12.2 Å². The Balaban J connectivity index is 3.03. The predicted octanol–water partition coefficient (Wildman–Crippen LogP) is 4.37. The van der Waals surface area contributed by atoms with Gasteiger partial charge in [0.25, 0.3) is 0 Å². The number of hydrogen-bond donors (Lipinski definition) is 1. The second kappa shape index (κ2) is 6.31. The first-order valence-corrected chi connectivity index (χ1v) is 5.46. The van der Waals surface area contributed by atoms with Crippen molar-refractivity contribution in [1.82, 2.24) is 0 Å². The molecule has 1 heteroatoms. The minimum atomic E-state index is 0.919. The third kappa shape index (κ3) is 3.45. The zero-order chi connectivity index (χ0) is 11.1. The van der Waals surface area contributed by atoms with Crippen LogP contribution in [0.25, 0.3) is 0 Å². The zero-order valence-corrected chi connectivity index (χ0v) is 9.71. The first-order valence-electron chi connectivity index (χ1n) is 5.01. The van der Waals surface area contributed by atoms with Gasteiger partial charge in [-0.05, 0) is 30.1 Å². The van der Waals surface area contributed by atoms with Crippen LogP contribution >= 0.6 is 12.6 Å². The van der Waals surface area contributed by atoms with Crippen LogP contribution in [0.3, 0.4) is 0 Å². The second-order valence-corrected chi connectivity index (χ2v) is 3.72. The van der Waals surface area contributed by atoms with E-state index in [4.69, 9.17) is 0 Å². The van der Waals surface area contributed by atoms with Crippen molar-refractivity contribution < 1.29 is 0 Å². The smallest absolute Gasteiger partial charge is 0.0118 e. The molecule has 0 saturated carbocycles. The minimum absolute atomic E-state index is 0.919. The summed E-state index contributed by atoms with van der Waals surface area (Å²) < 4.78 is 0. The van der Waals surface area contributed by atoms with Crippen LogP contribution in [0.2, 0.25) is 0 Å². The Bertz CT molecular complexity index is 365. The van der Waals surface area contributed by atoms with Gasteiger partial charge in [-0.25, -0.2) is 0 Å². The Morgan fingerprint density at radius 2 is 1.93 bits per heavy atom. The van der Waals surface area contributed by atoms with Crippen LogP contribution in [0, 0.1) is 0 Å². The lowest BCUT2D eigenvalue weighted by atomic mass is 9.98. The first kappa shape index (κ1) is 11.9. The van der Waals surface area contributed by atoms with Crippen molar-refractivity contribution in [2.75, 3.05) is 0 Å². The van der Waals surface area contributed by atoms with Gasteiger partial charge in [0, 0.05) is 4.91 Å². The van der Waals surface area contributed by atoms with Gasteiger partial charge in [-0.2, -0.15) is 0 Å². The number of rotatable bonds is 4. The van der Waals surface area contributed by atoms with Crippen molar-refractivity contribution in [2.24, 2.45) is 0 Å². The molecule has 0 atom stereocenters. The van der Waals surface area contributed by atoms with Crippen LogP contribution in [0.5, 0.6) is 0 Å². The van der Waals surface area contributed by atoms with E-state index >= 15 is 0 Å². The maximum atomic E-state index is 4.45. The summed E-state index contributed by atoms with van der Waals surface area (Å²) in [6.07, 6.45) is 16.1. The van der Waals surface area contributed by atoms with E-state index in [0.717, 1.165) is 23.3 Å². The molecule has 78 valence electrons. The number of allylic oxidation sites excluding steroid dienone is 9. The molecule has 0 fully saturated rings. The van der Waals surface area contributed by atoms with E-state index in [2.05, 4.69) is 44.0 Å². The van der Waals surface area contributed by atoms with Gasteiger partial charge in [-0.15, -0.1) is 12.6 Å². The van der Waals surface area contributed by atoms with Gasteiger partial charge in [0.1, 0.15) is 0 Å². The van der Waals surface area contributed by atoms with E-state index in [-0.39, 0.29) is 0 Å². The molecular weight excluding hydrogens is 200 g/mol. The average Bonchev–Trinajstić information content (AvgIpc) is 2.27. The summed E-state index contributed by atoms with van der Waals surface area (Å²) in [6.45, 7) is 7.40. The first-order chi connectivity index (χ1) is 7.29. The highest BCUT2D eigenvalue weighted by Crippen LogP contribution is 2.26. The molecule has 0 bridgehead atoms. The molecule has 0 spiro atoms. The summed E-state index contributed by atoms with van der Waals surface area (Å²) in [5.41, 5.74) is 2.31. The van der Waals surface area contributed by atoms with E-state index < -0.39 is 0 Å². The van der Waals surface area contributed by atoms with Crippen molar-refractivity contribution in [1.29, 1.82) is 0 Å². The Labute approximate surface area is 97.5 Å². The number of thiol groups is 1. The molecule has 0 aromatic rings. The second-order valence-electron chi connectivity index (χ2n) is 3.24. The molecule has 1 rings (SSSR count). The summed E-state index contributed by atoms with van der Waals surface area (Å²) in [4.78, 5) is 0.919.